The maximum absolute atomic E-state index is 13.1. The Morgan fingerprint density at radius 1 is 1.50 bits per heavy atom. The molecular formula is C12H14FIN2O3S. The van der Waals surface area contributed by atoms with Crippen LogP contribution < -0.4 is 4.74 Å². The summed E-state index contributed by atoms with van der Waals surface area (Å²) in [7, 11) is -2.49. The Kier molecular flexibility index (Phi) is 3.98. The quantitative estimate of drug-likeness (QED) is 0.725. The zero-order chi connectivity index (χ0) is 15.1. The van der Waals surface area contributed by atoms with Crippen LogP contribution in [0.4, 0.5) is 4.39 Å². The first-order valence-corrected chi connectivity index (χ1v) is 8.32. The van der Waals surface area contributed by atoms with Crippen molar-refractivity contribution >= 4 is 38.1 Å². The minimum absolute atomic E-state index is 0.0360. The van der Waals surface area contributed by atoms with Gasteiger partial charge in [0.1, 0.15) is 26.7 Å². The van der Waals surface area contributed by atoms with Crippen LogP contribution in [0.15, 0.2) is 23.4 Å². The lowest BCUT2D eigenvalue weighted by molar-refractivity contribution is 0.392. The van der Waals surface area contributed by atoms with E-state index in [4.69, 9.17) is 4.74 Å². The Morgan fingerprint density at radius 2 is 2.15 bits per heavy atom. The lowest BCUT2D eigenvalue weighted by Crippen LogP contribution is -2.34. The summed E-state index contributed by atoms with van der Waals surface area (Å²) >= 11 is 2.04. The Labute approximate surface area is 130 Å². The van der Waals surface area contributed by atoms with Crippen molar-refractivity contribution in [2.45, 2.75) is 23.5 Å². The molecule has 0 N–H and O–H groups in total. The number of nitrogens with zero attached hydrogens (tertiary/aromatic N) is 2. The number of aromatic nitrogens is 2. The molecule has 2 rings (SSSR count). The second kappa shape index (κ2) is 5.14. The number of hydrogen-bond donors (Lipinski definition) is 0. The average Bonchev–Trinajstić information content (AvgIpc) is 2.78. The van der Waals surface area contributed by atoms with Gasteiger partial charge >= 0.3 is 0 Å². The van der Waals surface area contributed by atoms with Gasteiger partial charge in [-0.2, -0.15) is 0 Å². The number of ether oxygens (including phenoxy) is 1. The minimum atomic E-state index is -3.87. The van der Waals surface area contributed by atoms with Gasteiger partial charge in [0.05, 0.1) is 18.1 Å². The topological polar surface area (TPSA) is 60.7 Å². The molecule has 0 saturated carbocycles. The molecule has 2 aromatic rings. The van der Waals surface area contributed by atoms with Crippen LogP contribution >= 0.6 is 22.6 Å². The molecule has 0 spiro atoms. The Hall–Kier alpha value is -0.900. The summed E-state index contributed by atoms with van der Waals surface area (Å²) < 4.78 is 44.3. The number of hydrogen-bond acceptors (Lipinski definition) is 4. The van der Waals surface area contributed by atoms with Crippen LogP contribution in [0.2, 0.25) is 0 Å². The van der Waals surface area contributed by atoms with Crippen molar-refractivity contribution in [1.82, 2.24) is 9.38 Å². The van der Waals surface area contributed by atoms with Crippen molar-refractivity contribution < 1.29 is 17.5 Å². The summed E-state index contributed by atoms with van der Waals surface area (Å²) in [4.78, 5) is 4.10. The van der Waals surface area contributed by atoms with Gasteiger partial charge in [-0.25, -0.2) is 17.8 Å². The number of pyridine rings is 1. The van der Waals surface area contributed by atoms with Crippen molar-refractivity contribution in [2.75, 3.05) is 13.8 Å². The van der Waals surface area contributed by atoms with Gasteiger partial charge < -0.3 is 4.74 Å². The molecule has 0 unspecified atom stereocenters. The summed E-state index contributed by atoms with van der Waals surface area (Å²) in [5, 5.41) is 0. The molecular weight excluding hydrogens is 398 g/mol. The lowest BCUT2D eigenvalue weighted by atomic mass is 10.2. The zero-order valence-corrected chi connectivity index (χ0v) is 14.2. The van der Waals surface area contributed by atoms with Gasteiger partial charge in [-0.15, -0.1) is 0 Å². The van der Waals surface area contributed by atoms with Crippen LogP contribution in [0, 0.1) is 3.70 Å². The van der Waals surface area contributed by atoms with Gasteiger partial charge in [0.25, 0.3) is 0 Å². The predicted octanol–water partition coefficient (Wildman–Crippen LogP) is 2.47. The van der Waals surface area contributed by atoms with E-state index in [9.17, 15) is 12.8 Å². The first kappa shape index (κ1) is 15.5. The summed E-state index contributed by atoms with van der Waals surface area (Å²) in [5.74, 6) is 0.168. The second-order valence-corrected chi connectivity index (χ2v) is 8.57. The van der Waals surface area contributed by atoms with Crippen molar-refractivity contribution in [3.63, 3.8) is 0 Å². The van der Waals surface area contributed by atoms with Crippen LogP contribution in [0.25, 0.3) is 5.65 Å². The van der Waals surface area contributed by atoms with Crippen molar-refractivity contribution in [3.8, 4) is 5.75 Å². The average molecular weight is 412 g/mol. The number of methoxy groups -OCH3 is 1. The van der Waals surface area contributed by atoms with Crippen molar-refractivity contribution in [3.05, 3.63) is 22.2 Å². The highest BCUT2D eigenvalue weighted by molar-refractivity contribution is 14.1. The molecule has 0 aliphatic heterocycles. The van der Waals surface area contributed by atoms with E-state index in [-0.39, 0.29) is 10.6 Å². The van der Waals surface area contributed by atoms with Crippen LogP contribution in [0.3, 0.4) is 0 Å². The number of rotatable bonds is 4. The molecule has 110 valence electrons. The third-order valence-corrected chi connectivity index (χ3v) is 6.34. The van der Waals surface area contributed by atoms with Crippen LogP contribution in [-0.4, -0.2) is 36.3 Å². The minimum Gasteiger partial charge on any atom is -0.495 e. The number of sulfone groups is 1. The maximum Gasteiger partial charge on any atom is 0.191 e. The van der Waals surface area contributed by atoms with E-state index >= 15 is 0 Å². The van der Waals surface area contributed by atoms with Crippen LogP contribution in [0.1, 0.15) is 13.8 Å². The Morgan fingerprint density at radius 3 is 2.70 bits per heavy atom. The zero-order valence-electron chi connectivity index (χ0n) is 11.2. The summed E-state index contributed by atoms with van der Waals surface area (Å²) in [6.07, 6.45) is 3.04. The highest BCUT2D eigenvalue weighted by Gasteiger charge is 2.38. The van der Waals surface area contributed by atoms with Gasteiger partial charge in [0.15, 0.2) is 9.84 Å². The first-order chi connectivity index (χ1) is 9.24. The fourth-order valence-electron chi connectivity index (χ4n) is 1.69. The molecule has 0 aromatic carbocycles. The van der Waals surface area contributed by atoms with E-state index in [1.807, 2.05) is 22.6 Å². The third-order valence-electron chi connectivity index (χ3n) is 3.09. The van der Waals surface area contributed by atoms with E-state index in [1.165, 1.54) is 33.2 Å². The lowest BCUT2D eigenvalue weighted by Gasteiger charge is -2.22. The molecule has 0 radical (unpaired) electrons. The first-order valence-electron chi connectivity index (χ1n) is 5.76. The highest BCUT2D eigenvalue weighted by atomic mass is 127. The Balaban J connectivity index is 2.79. The monoisotopic (exact) mass is 412 g/mol. The molecule has 2 aromatic heterocycles. The Bertz CT molecular complexity index is 755. The molecule has 0 bridgehead atoms. The van der Waals surface area contributed by atoms with Gasteiger partial charge in [0, 0.05) is 12.3 Å². The maximum atomic E-state index is 13.1. The number of halogens is 2. The molecule has 20 heavy (non-hydrogen) atoms. The van der Waals surface area contributed by atoms with E-state index in [1.54, 1.807) is 10.6 Å². The van der Waals surface area contributed by atoms with Crippen molar-refractivity contribution in [2.24, 2.45) is 0 Å². The molecule has 0 aliphatic carbocycles. The smallest absolute Gasteiger partial charge is 0.191 e. The summed E-state index contributed by atoms with van der Waals surface area (Å²) in [5.41, 5.74) is 0.572. The molecule has 0 fully saturated rings. The van der Waals surface area contributed by atoms with Crippen molar-refractivity contribution in [1.29, 1.82) is 0 Å². The largest absolute Gasteiger partial charge is 0.495 e. The predicted molar refractivity (Wildman–Crippen MR) is 81.7 cm³/mol. The number of fused-ring (bicyclic) bond motifs is 1. The van der Waals surface area contributed by atoms with Crippen LogP contribution in [0.5, 0.6) is 5.75 Å². The fraction of sp³-hybridized carbons (Fsp3) is 0.417. The van der Waals surface area contributed by atoms with Gasteiger partial charge in [0.2, 0.25) is 0 Å². The molecule has 0 amide bonds. The molecule has 0 saturated heterocycles. The summed E-state index contributed by atoms with van der Waals surface area (Å²) in [6, 6.07) is 1.53. The van der Waals surface area contributed by atoms with E-state index in [0.717, 1.165) is 3.70 Å². The second-order valence-electron chi connectivity index (χ2n) is 4.91. The standard InChI is InChI=1S/C12H14FIN2O3S/c1-12(2,7-13)20(17,18)9-6-16-10(14)5-15-11(16)4-8(9)19-3/h4-6H,7H2,1-3H3. The highest BCUT2D eigenvalue weighted by Crippen LogP contribution is 2.33. The molecule has 2 heterocycles. The molecule has 0 atom stereocenters. The van der Waals surface area contributed by atoms with E-state index in [0.29, 0.717) is 5.65 Å². The normalized spacial score (nSPS) is 12.8. The van der Waals surface area contributed by atoms with E-state index in [2.05, 4.69) is 4.98 Å². The number of imidazole rings is 1. The summed E-state index contributed by atoms with van der Waals surface area (Å²) in [6.45, 7) is 1.73. The third kappa shape index (κ3) is 2.28. The van der Waals surface area contributed by atoms with E-state index < -0.39 is 21.3 Å². The molecule has 5 nitrogen and oxygen atoms in total. The fourth-order valence-corrected chi connectivity index (χ4v) is 3.60. The van der Waals surface area contributed by atoms with Gasteiger partial charge in [-0.1, -0.05) is 0 Å². The van der Waals surface area contributed by atoms with Gasteiger partial charge in [-0.05, 0) is 36.4 Å². The molecule has 8 heteroatoms. The number of alkyl halides is 1. The SMILES string of the molecule is COc1cc2ncc(I)n2cc1S(=O)(=O)C(C)(C)CF. The van der Waals surface area contributed by atoms with Crippen LogP contribution in [-0.2, 0) is 9.84 Å². The van der Waals surface area contributed by atoms with Gasteiger partial charge in [-0.3, -0.25) is 4.40 Å². The molecule has 0 aliphatic rings.